The van der Waals surface area contributed by atoms with Gasteiger partial charge in [-0.2, -0.15) is 0 Å². The van der Waals surface area contributed by atoms with E-state index in [4.69, 9.17) is 0 Å². The fourth-order valence-corrected chi connectivity index (χ4v) is 2.30. The lowest BCUT2D eigenvalue weighted by Gasteiger charge is -2.24. The lowest BCUT2D eigenvalue weighted by atomic mass is 9.87. The summed E-state index contributed by atoms with van der Waals surface area (Å²) >= 11 is 0. The predicted octanol–water partition coefficient (Wildman–Crippen LogP) is 5.54. The summed E-state index contributed by atoms with van der Waals surface area (Å²) in [5.41, 5.74) is 0.481. The Hall–Kier alpha value is -0.0400. The molecule has 0 aliphatic rings. The number of rotatable bonds is 11. The van der Waals surface area contributed by atoms with Gasteiger partial charge in [-0.25, -0.2) is 0 Å². The Kier molecular flexibility index (Phi) is 10.8. The van der Waals surface area contributed by atoms with Crippen molar-refractivity contribution in [3.8, 4) is 0 Å². The number of hydrogen-bond donors (Lipinski definition) is 1. The molecule has 1 atom stereocenters. The standard InChI is InChI=1S/C17H37N/c1-6-8-9-10-11-12-16(18-15-7-2)13-14-17(3,4)5/h16,18H,6-15H2,1-5H3. The maximum atomic E-state index is 3.73. The van der Waals surface area contributed by atoms with Crippen LogP contribution in [0.1, 0.15) is 92.4 Å². The van der Waals surface area contributed by atoms with E-state index in [1.54, 1.807) is 0 Å². The highest BCUT2D eigenvalue weighted by Gasteiger charge is 2.14. The SMILES string of the molecule is CCCCCCCC(CCC(C)(C)C)NCCC. The van der Waals surface area contributed by atoms with Crippen LogP contribution >= 0.6 is 0 Å². The second-order valence-corrected chi connectivity index (χ2v) is 6.95. The van der Waals surface area contributed by atoms with Crippen LogP contribution in [0, 0.1) is 5.41 Å². The molecular formula is C17H37N. The quantitative estimate of drug-likeness (QED) is 0.478. The van der Waals surface area contributed by atoms with Crippen LogP contribution < -0.4 is 5.32 Å². The number of hydrogen-bond acceptors (Lipinski definition) is 1. The van der Waals surface area contributed by atoms with Gasteiger partial charge in [-0.05, 0) is 37.6 Å². The Morgan fingerprint density at radius 1 is 0.833 bits per heavy atom. The maximum Gasteiger partial charge on any atom is 0.00672 e. The number of nitrogens with one attached hydrogen (secondary N) is 1. The first-order chi connectivity index (χ1) is 8.49. The Morgan fingerprint density at radius 2 is 1.50 bits per heavy atom. The molecule has 0 aliphatic heterocycles. The van der Waals surface area contributed by atoms with Crippen molar-refractivity contribution in [1.29, 1.82) is 0 Å². The van der Waals surface area contributed by atoms with E-state index in [0.29, 0.717) is 5.41 Å². The maximum absolute atomic E-state index is 3.73. The van der Waals surface area contributed by atoms with Gasteiger partial charge in [0.05, 0.1) is 0 Å². The molecule has 0 rings (SSSR count). The minimum Gasteiger partial charge on any atom is -0.314 e. The number of unbranched alkanes of at least 4 members (excludes halogenated alkanes) is 4. The first-order valence-corrected chi connectivity index (χ1v) is 8.23. The smallest absolute Gasteiger partial charge is 0.00672 e. The molecular weight excluding hydrogens is 218 g/mol. The fraction of sp³-hybridized carbons (Fsp3) is 1.00. The summed E-state index contributed by atoms with van der Waals surface area (Å²) in [7, 11) is 0. The Balaban J connectivity index is 3.76. The topological polar surface area (TPSA) is 12.0 Å². The molecule has 0 fully saturated rings. The molecule has 0 amide bonds. The Bertz CT molecular complexity index is 169. The first-order valence-electron chi connectivity index (χ1n) is 8.23. The van der Waals surface area contributed by atoms with Crippen LogP contribution in [-0.4, -0.2) is 12.6 Å². The molecule has 1 nitrogen and oxygen atoms in total. The Morgan fingerprint density at radius 3 is 2.06 bits per heavy atom. The molecule has 110 valence electrons. The van der Waals surface area contributed by atoms with Crippen molar-refractivity contribution in [3.05, 3.63) is 0 Å². The molecule has 0 aromatic carbocycles. The largest absolute Gasteiger partial charge is 0.314 e. The van der Waals surface area contributed by atoms with E-state index in [1.165, 1.54) is 64.3 Å². The van der Waals surface area contributed by atoms with E-state index in [-0.39, 0.29) is 0 Å². The van der Waals surface area contributed by atoms with Crippen molar-refractivity contribution < 1.29 is 0 Å². The third-order valence-corrected chi connectivity index (χ3v) is 3.58. The first kappa shape index (κ1) is 18.0. The van der Waals surface area contributed by atoms with E-state index in [1.807, 2.05) is 0 Å². The summed E-state index contributed by atoms with van der Waals surface area (Å²) < 4.78 is 0. The normalized spacial score (nSPS) is 13.8. The Labute approximate surface area is 116 Å². The van der Waals surface area contributed by atoms with Gasteiger partial charge >= 0.3 is 0 Å². The van der Waals surface area contributed by atoms with Crippen molar-refractivity contribution in [1.82, 2.24) is 5.32 Å². The second kappa shape index (κ2) is 10.8. The summed E-state index contributed by atoms with van der Waals surface area (Å²) in [5.74, 6) is 0. The van der Waals surface area contributed by atoms with E-state index in [0.717, 1.165) is 6.04 Å². The molecule has 0 spiro atoms. The van der Waals surface area contributed by atoms with E-state index < -0.39 is 0 Å². The highest BCUT2D eigenvalue weighted by Crippen LogP contribution is 2.23. The van der Waals surface area contributed by atoms with E-state index >= 15 is 0 Å². The molecule has 0 aliphatic carbocycles. The van der Waals surface area contributed by atoms with Crippen molar-refractivity contribution in [3.63, 3.8) is 0 Å². The minimum atomic E-state index is 0.481. The zero-order chi connectivity index (χ0) is 13.9. The average molecular weight is 255 g/mol. The summed E-state index contributed by atoms with van der Waals surface area (Å²) in [6, 6.07) is 0.755. The van der Waals surface area contributed by atoms with Gasteiger partial charge in [-0.1, -0.05) is 66.7 Å². The molecule has 0 saturated heterocycles. The highest BCUT2D eigenvalue weighted by atomic mass is 14.9. The van der Waals surface area contributed by atoms with Crippen LogP contribution in [0.4, 0.5) is 0 Å². The van der Waals surface area contributed by atoms with Gasteiger partial charge in [-0.15, -0.1) is 0 Å². The molecule has 0 radical (unpaired) electrons. The van der Waals surface area contributed by atoms with Gasteiger partial charge in [0.25, 0.3) is 0 Å². The monoisotopic (exact) mass is 255 g/mol. The highest BCUT2D eigenvalue weighted by molar-refractivity contribution is 4.71. The zero-order valence-electron chi connectivity index (χ0n) is 13.6. The van der Waals surface area contributed by atoms with Crippen molar-refractivity contribution in [2.45, 2.75) is 98.4 Å². The molecule has 1 unspecified atom stereocenters. The molecule has 0 saturated carbocycles. The summed E-state index contributed by atoms with van der Waals surface area (Å²) in [5, 5.41) is 3.73. The van der Waals surface area contributed by atoms with Crippen molar-refractivity contribution >= 4 is 0 Å². The van der Waals surface area contributed by atoms with Gasteiger partial charge in [0, 0.05) is 6.04 Å². The summed E-state index contributed by atoms with van der Waals surface area (Å²) in [6.07, 6.45) is 12.3. The summed E-state index contributed by atoms with van der Waals surface area (Å²) in [4.78, 5) is 0. The van der Waals surface area contributed by atoms with E-state index in [2.05, 4.69) is 39.9 Å². The van der Waals surface area contributed by atoms with Crippen LogP contribution in [0.25, 0.3) is 0 Å². The zero-order valence-corrected chi connectivity index (χ0v) is 13.6. The molecule has 0 aromatic rings. The lowest BCUT2D eigenvalue weighted by Crippen LogP contribution is -2.30. The second-order valence-electron chi connectivity index (χ2n) is 6.95. The van der Waals surface area contributed by atoms with Gasteiger partial charge in [0.15, 0.2) is 0 Å². The van der Waals surface area contributed by atoms with Gasteiger partial charge in [0.1, 0.15) is 0 Å². The third-order valence-electron chi connectivity index (χ3n) is 3.58. The molecule has 1 N–H and O–H groups in total. The predicted molar refractivity (Wildman–Crippen MR) is 84.1 cm³/mol. The van der Waals surface area contributed by atoms with Crippen LogP contribution in [0.15, 0.2) is 0 Å². The van der Waals surface area contributed by atoms with Crippen LogP contribution in [-0.2, 0) is 0 Å². The fourth-order valence-electron chi connectivity index (χ4n) is 2.30. The average Bonchev–Trinajstić information content (AvgIpc) is 2.30. The minimum absolute atomic E-state index is 0.481. The van der Waals surface area contributed by atoms with Crippen molar-refractivity contribution in [2.75, 3.05) is 6.54 Å². The van der Waals surface area contributed by atoms with Crippen LogP contribution in [0.2, 0.25) is 0 Å². The van der Waals surface area contributed by atoms with Gasteiger partial charge in [0.2, 0.25) is 0 Å². The molecule has 0 aromatic heterocycles. The molecule has 18 heavy (non-hydrogen) atoms. The molecule has 0 bridgehead atoms. The van der Waals surface area contributed by atoms with Crippen molar-refractivity contribution in [2.24, 2.45) is 5.41 Å². The third kappa shape index (κ3) is 12.4. The van der Waals surface area contributed by atoms with E-state index in [9.17, 15) is 0 Å². The molecule has 1 heteroatoms. The van der Waals surface area contributed by atoms with Crippen LogP contribution in [0.5, 0.6) is 0 Å². The molecule has 0 heterocycles. The lowest BCUT2D eigenvalue weighted by molar-refractivity contribution is 0.318. The van der Waals surface area contributed by atoms with Gasteiger partial charge < -0.3 is 5.32 Å². The van der Waals surface area contributed by atoms with Gasteiger partial charge in [-0.3, -0.25) is 0 Å². The summed E-state index contributed by atoms with van der Waals surface area (Å²) in [6.45, 7) is 12.8. The van der Waals surface area contributed by atoms with Crippen LogP contribution in [0.3, 0.4) is 0 Å².